The smallest absolute Gasteiger partial charge is 0.408 e. The summed E-state index contributed by atoms with van der Waals surface area (Å²) in [6.07, 6.45) is -0.531. The van der Waals surface area contributed by atoms with Gasteiger partial charge in [-0.25, -0.2) is 9.18 Å². The van der Waals surface area contributed by atoms with E-state index >= 15 is 0 Å². The first-order valence-electron chi connectivity index (χ1n) is 7.69. The third-order valence-corrected chi connectivity index (χ3v) is 4.13. The second-order valence-corrected chi connectivity index (χ2v) is 7.35. The molecular weight excluding hydrogens is 345 g/mol. The Labute approximate surface area is 148 Å². The number of carbonyl (C=O) groups excluding carboxylic acids is 1. The first kappa shape index (κ1) is 17.4. The maximum atomic E-state index is 13.1. The number of thioether (sulfide) groups is 1. The molecule has 2 heterocycles. The molecule has 0 bridgehead atoms. The molecule has 0 saturated heterocycles. The van der Waals surface area contributed by atoms with Crippen molar-refractivity contribution in [2.45, 2.75) is 38.1 Å². The lowest BCUT2D eigenvalue weighted by atomic mass is 10.1. The van der Waals surface area contributed by atoms with E-state index in [1.165, 1.54) is 23.9 Å². The molecule has 1 aromatic carbocycles. The molecule has 0 radical (unpaired) electrons. The number of hydrogen-bond acceptors (Lipinski definition) is 6. The van der Waals surface area contributed by atoms with E-state index in [9.17, 15) is 9.18 Å². The molecule has 0 saturated carbocycles. The van der Waals surface area contributed by atoms with Crippen LogP contribution in [0.3, 0.4) is 0 Å². The van der Waals surface area contributed by atoms with Gasteiger partial charge in [-0.1, -0.05) is 23.9 Å². The number of nitrogens with zero attached hydrogens (tertiary/aromatic N) is 4. The SMILES string of the molecule is CC(C)(C)OC(=O)NCc1nnc2n1N=C(c1ccc(F)cc1)CS2. The monoisotopic (exact) mass is 363 g/mol. The molecule has 0 atom stereocenters. The van der Waals surface area contributed by atoms with E-state index in [4.69, 9.17) is 4.74 Å². The van der Waals surface area contributed by atoms with Crippen molar-refractivity contribution in [1.82, 2.24) is 20.2 Å². The van der Waals surface area contributed by atoms with Crippen LogP contribution in [0.1, 0.15) is 32.2 Å². The summed E-state index contributed by atoms with van der Waals surface area (Å²) in [6, 6.07) is 6.16. The summed E-state index contributed by atoms with van der Waals surface area (Å²) in [5.74, 6) is 0.816. The van der Waals surface area contributed by atoms with Crippen LogP contribution < -0.4 is 5.32 Å². The number of ether oxygens (including phenoxy) is 1. The molecule has 7 nitrogen and oxygen atoms in total. The Morgan fingerprint density at radius 1 is 1.32 bits per heavy atom. The van der Waals surface area contributed by atoms with Gasteiger partial charge in [0, 0.05) is 5.75 Å². The van der Waals surface area contributed by atoms with Gasteiger partial charge in [0.15, 0.2) is 5.82 Å². The van der Waals surface area contributed by atoms with Gasteiger partial charge in [0.2, 0.25) is 5.16 Å². The molecule has 0 fully saturated rings. The lowest BCUT2D eigenvalue weighted by Gasteiger charge is -2.19. The molecule has 1 aliphatic rings. The standard InChI is InChI=1S/C16H18FN5O2S/c1-16(2,3)24-15(23)18-8-13-19-20-14-22(13)21-12(9-25-14)10-4-6-11(17)7-5-10/h4-7H,8-9H2,1-3H3,(H,18,23). The molecule has 9 heteroatoms. The van der Waals surface area contributed by atoms with E-state index in [0.717, 1.165) is 11.3 Å². The topological polar surface area (TPSA) is 81.4 Å². The lowest BCUT2D eigenvalue weighted by Crippen LogP contribution is -2.32. The average Bonchev–Trinajstić information content (AvgIpc) is 2.94. The Morgan fingerprint density at radius 3 is 2.72 bits per heavy atom. The fourth-order valence-corrected chi connectivity index (χ4v) is 2.98. The minimum Gasteiger partial charge on any atom is -0.444 e. The highest BCUT2D eigenvalue weighted by atomic mass is 32.2. The highest BCUT2D eigenvalue weighted by Crippen LogP contribution is 2.24. The number of rotatable bonds is 3. The number of carbonyl (C=O) groups is 1. The maximum absolute atomic E-state index is 13.1. The van der Waals surface area contributed by atoms with Crippen LogP contribution >= 0.6 is 11.8 Å². The molecule has 1 amide bonds. The number of benzene rings is 1. The van der Waals surface area contributed by atoms with Crippen molar-refractivity contribution < 1.29 is 13.9 Å². The van der Waals surface area contributed by atoms with Crippen molar-refractivity contribution in [1.29, 1.82) is 0 Å². The van der Waals surface area contributed by atoms with E-state index < -0.39 is 11.7 Å². The Morgan fingerprint density at radius 2 is 2.04 bits per heavy atom. The van der Waals surface area contributed by atoms with Crippen LogP contribution in [0, 0.1) is 5.82 Å². The summed E-state index contributed by atoms with van der Waals surface area (Å²) in [4.78, 5) is 11.8. The Hall–Kier alpha value is -2.42. The average molecular weight is 363 g/mol. The summed E-state index contributed by atoms with van der Waals surface area (Å²) in [5, 5.41) is 15.9. The zero-order chi connectivity index (χ0) is 18.0. The van der Waals surface area contributed by atoms with Gasteiger partial charge < -0.3 is 10.1 Å². The van der Waals surface area contributed by atoms with Gasteiger partial charge in [-0.2, -0.15) is 9.78 Å². The normalized spacial score (nSPS) is 13.8. The second-order valence-electron chi connectivity index (χ2n) is 6.41. The van der Waals surface area contributed by atoms with Crippen LogP contribution in [0.15, 0.2) is 34.5 Å². The van der Waals surface area contributed by atoms with E-state index in [1.807, 2.05) is 0 Å². The molecule has 1 aromatic heterocycles. The van der Waals surface area contributed by atoms with Crippen molar-refractivity contribution in [3.05, 3.63) is 41.5 Å². The van der Waals surface area contributed by atoms with E-state index in [2.05, 4.69) is 20.6 Å². The summed E-state index contributed by atoms with van der Waals surface area (Å²) >= 11 is 1.48. The van der Waals surface area contributed by atoms with E-state index in [-0.39, 0.29) is 12.4 Å². The van der Waals surface area contributed by atoms with Crippen molar-refractivity contribution in [2.75, 3.05) is 5.75 Å². The summed E-state index contributed by atoms with van der Waals surface area (Å²) in [6.45, 7) is 5.52. The second kappa shape index (κ2) is 6.83. The number of alkyl carbamates (subject to hydrolysis) is 1. The van der Waals surface area contributed by atoms with Crippen LogP contribution in [0.5, 0.6) is 0 Å². The number of fused-ring (bicyclic) bond motifs is 1. The van der Waals surface area contributed by atoms with Gasteiger partial charge in [0.05, 0.1) is 12.3 Å². The highest BCUT2D eigenvalue weighted by Gasteiger charge is 2.21. The minimum atomic E-state index is -0.571. The molecular formula is C16H18FN5O2S. The lowest BCUT2D eigenvalue weighted by molar-refractivity contribution is 0.0521. The van der Waals surface area contributed by atoms with Crippen LogP contribution in [-0.2, 0) is 11.3 Å². The Bertz CT molecular complexity index is 811. The molecule has 25 heavy (non-hydrogen) atoms. The summed E-state index contributed by atoms with van der Waals surface area (Å²) in [5.41, 5.74) is 1.05. The van der Waals surface area contributed by atoms with Crippen molar-refractivity contribution >= 4 is 23.6 Å². The van der Waals surface area contributed by atoms with Gasteiger partial charge >= 0.3 is 6.09 Å². The molecule has 0 unspecified atom stereocenters. The molecule has 3 rings (SSSR count). The summed E-state index contributed by atoms with van der Waals surface area (Å²) < 4.78 is 19.9. The quantitative estimate of drug-likeness (QED) is 0.907. The highest BCUT2D eigenvalue weighted by molar-refractivity contribution is 7.99. The number of hydrogen-bond donors (Lipinski definition) is 1. The van der Waals surface area contributed by atoms with Gasteiger partial charge in [-0.3, -0.25) is 0 Å². The zero-order valence-electron chi connectivity index (χ0n) is 14.1. The predicted molar refractivity (Wildman–Crippen MR) is 92.2 cm³/mol. The number of amides is 1. The minimum absolute atomic E-state index is 0.142. The van der Waals surface area contributed by atoms with Crippen LogP contribution in [0.25, 0.3) is 0 Å². The van der Waals surface area contributed by atoms with E-state index in [0.29, 0.717) is 16.7 Å². The fraction of sp³-hybridized carbons (Fsp3) is 0.375. The zero-order valence-corrected chi connectivity index (χ0v) is 14.9. The first-order valence-corrected chi connectivity index (χ1v) is 8.68. The van der Waals surface area contributed by atoms with Crippen molar-refractivity contribution in [3.63, 3.8) is 0 Å². The number of aromatic nitrogens is 3. The molecule has 1 aliphatic heterocycles. The maximum Gasteiger partial charge on any atom is 0.408 e. The van der Waals surface area contributed by atoms with Crippen LogP contribution in [-0.4, -0.2) is 38.0 Å². The largest absolute Gasteiger partial charge is 0.444 e. The predicted octanol–water partition coefficient (Wildman–Crippen LogP) is 2.80. The molecule has 0 spiro atoms. The molecule has 132 valence electrons. The van der Waals surface area contributed by atoms with E-state index in [1.54, 1.807) is 37.6 Å². The van der Waals surface area contributed by atoms with Gasteiger partial charge in [0.1, 0.15) is 11.4 Å². The van der Waals surface area contributed by atoms with Gasteiger partial charge in [-0.05, 0) is 38.5 Å². The number of halogens is 1. The van der Waals surface area contributed by atoms with Crippen molar-refractivity contribution in [3.8, 4) is 0 Å². The molecule has 1 N–H and O–H groups in total. The first-order chi connectivity index (χ1) is 11.8. The Balaban J connectivity index is 1.75. The summed E-state index contributed by atoms with van der Waals surface area (Å²) in [7, 11) is 0. The number of nitrogens with one attached hydrogen (secondary N) is 1. The van der Waals surface area contributed by atoms with Crippen LogP contribution in [0.2, 0.25) is 0 Å². The van der Waals surface area contributed by atoms with Gasteiger partial charge in [0.25, 0.3) is 0 Å². The van der Waals surface area contributed by atoms with Crippen molar-refractivity contribution in [2.24, 2.45) is 5.10 Å². The molecule has 2 aromatic rings. The third-order valence-electron chi connectivity index (χ3n) is 3.20. The molecule has 0 aliphatic carbocycles. The van der Waals surface area contributed by atoms with Gasteiger partial charge in [-0.15, -0.1) is 10.2 Å². The third kappa shape index (κ3) is 4.36. The Kier molecular flexibility index (Phi) is 4.76. The van der Waals surface area contributed by atoms with Crippen LogP contribution in [0.4, 0.5) is 9.18 Å². The fourth-order valence-electron chi connectivity index (χ4n) is 2.13.